The Balaban J connectivity index is 2.61. The number of aryl methyl sites for hydroxylation is 1. The smallest absolute Gasteiger partial charge is 0.328 e. The lowest BCUT2D eigenvalue weighted by Crippen LogP contribution is -1.93. The molecule has 1 aromatic carbocycles. The summed E-state index contributed by atoms with van der Waals surface area (Å²) < 4.78 is 15.1. The Labute approximate surface area is 91.4 Å². The monoisotopic (exact) mass is 219 g/mol. The first kappa shape index (κ1) is 10.4. The van der Waals surface area contributed by atoms with Crippen molar-refractivity contribution in [2.75, 3.05) is 0 Å². The molecule has 0 atom stereocenters. The number of aliphatic carboxylic acids is 1. The average Bonchev–Trinajstić information content (AvgIpc) is 2.54. The Bertz CT molecular complexity index is 584. The summed E-state index contributed by atoms with van der Waals surface area (Å²) in [6.07, 6.45) is 2.48. The summed E-state index contributed by atoms with van der Waals surface area (Å²) in [5.41, 5.74) is 1.13. The van der Waals surface area contributed by atoms with Crippen LogP contribution in [-0.4, -0.2) is 15.6 Å². The zero-order valence-corrected chi connectivity index (χ0v) is 8.64. The Morgan fingerprint density at radius 2 is 2.25 bits per heavy atom. The molecule has 0 aliphatic heterocycles. The number of aromatic nitrogens is 1. The summed E-state index contributed by atoms with van der Waals surface area (Å²) in [7, 11) is 1.70. The van der Waals surface area contributed by atoms with Gasteiger partial charge in [-0.2, -0.15) is 0 Å². The van der Waals surface area contributed by atoms with Crippen LogP contribution in [0.3, 0.4) is 0 Å². The SMILES string of the molecule is Cn1c(/C=C/C(=O)O)cc2cccc(F)c21. The maximum absolute atomic E-state index is 13.5. The van der Waals surface area contributed by atoms with Gasteiger partial charge in [0.2, 0.25) is 0 Å². The highest BCUT2D eigenvalue weighted by Crippen LogP contribution is 2.22. The minimum atomic E-state index is -1.02. The molecule has 16 heavy (non-hydrogen) atoms. The highest BCUT2D eigenvalue weighted by molar-refractivity contribution is 5.88. The molecule has 3 nitrogen and oxygen atoms in total. The van der Waals surface area contributed by atoms with Gasteiger partial charge in [0.05, 0.1) is 5.52 Å². The van der Waals surface area contributed by atoms with Crippen LogP contribution in [0.4, 0.5) is 4.39 Å². The van der Waals surface area contributed by atoms with Gasteiger partial charge in [-0.1, -0.05) is 12.1 Å². The van der Waals surface area contributed by atoms with E-state index in [1.165, 1.54) is 12.1 Å². The van der Waals surface area contributed by atoms with Gasteiger partial charge >= 0.3 is 5.97 Å². The Kier molecular flexibility index (Phi) is 2.48. The second kappa shape index (κ2) is 3.81. The molecule has 0 bridgehead atoms. The number of halogens is 1. The third kappa shape index (κ3) is 1.69. The molecule has 1 N–H and O–H groups in total. The van der Waals surface area contributed by atoms with Crippen LogP contribution in [-0.2, 0) is 11.8 Å². The van der Waals surface area contributed by atoms with Gasteiger partial charge < -0.3 is 9.67 Å². The molecule has 0 amide bonds. The molecule has 0 aliphatic carbocycles. The van der Waals surface area contributed by atoms with E-state index < -0.39 is 5.97 Å². The molecule has 0 radical (unpaired) electrons. The molecule has 0 saturated carbocycles. The number of para-hydroxylation sites is 1. The van der Waals surface area contributed by atoms with Crippen molar-refractivity contribution in [1.29, 1.82) is 0 Å². The maximum atomic E-state index is 13.5. The molecular weight excluding hydrogens is 209 g/mol. The van der Waals surface area contributed by atoms with E-state index >= 15 is 0 Å². The van der Waals surface area contributed by atoms with E-state index in [2.05, 4.69) is 0 Å². The highest BCUT2D eigenvalue weighted by Gasteiger charge is 2.07. The van der Waals surface area contributed by atoms with E-state index in [0.29, 0.717) is 11.2 Å². The highest BCUT2D eigenvalue weighted by atomic mass is 19.1. The van der Waals surface area contributed by atoms with Crippen LogP contribution < -0.4 is 0 Å². The molecule has 82 valence electrons. The van der Waals surface area contributed by atoms with Gasteiger partial charge in [0.25, 0.3) is 0 Å². The fourth-order valence-electron chi connectivity index (χ4n) is 1.70. The molecule has 0 spiro atoms. The van der Waals surface area contributed by atoms with Gasteiger partial charge in [0.1, 0.15) is 5.82 Å². The number of carboxylic acids is 1. The molecule has 0 saturated heterocycles. The fourth-order valence-corrected chi connectivity index (χ4v) is 1.70. The van der Waals surface area contributed by atoms with Gasteiger partial charge in [-0.25, -0.2) is 9.18 Å². The summed E-state index contributed by atoms with van der Waals surface area (Å²) in [5.74, 6) is -1.33. The normalized spacial score (nSPS) is 11.4. The van der Waals surface area contributed by atoms with Crippen LogP contribution >= 0.6 is 0 Å². The summed E-state index contributed by atoms with van der Waals surface area (Å²) in [5, 5.41) is 9.28. The molecular formula is C12H10FNO2. The standard InChI is InChI=1S/C12H10FNO2/c1-14-9(5-6-11(15)16)7-8-3-2-4-10(13)12(8)14/h2-7H,1H3,(H,15,16)/b6-5+. The van der Waals surface area contributed by atoms with Gasteiger partial charge in [0.15, 0.2) is 0 Å². The number of carboxylic acid groups (broad SMARTS) is 1. The lowest BCUT2D eigenvalue weighted by atomic mass is 10.2. The van der Waals surface area contributed by atoms with Crippen LogP contribution in [0.5, 0.6) is 0 Å². The second-order valence-corrected chi connectivity index (χ2v) is 3.48. The third-order valence-corrected chi connectivity index (χ3v) is 2.44. The fraction of sp³-hybridized carbons (Fsp3) is 0.0833. The van der Waals surface area contributed by atoms with E-state index in [1.807, 2.05) is 0 Å². The molecule has 2 rings (SSSR count). The van der Waals surface area contributed by atoms with E-state index in [9.17, 15) is 9.18 Å². The van der Waals surface area contributed by atoms with Crippen molar-refractivity contribution >= 4 is 22.9 Å². The number of fused-ring (bicyclic) bond motifs is 1. The summed E-state index contributed by atoms with van der Waals surface area (Å²) >= 11 is 0. The minimum absolute atomic E-state index is 0.310. The zero-order chi connectivity index (χ0) is 11.7. The Morgan fingerprint density at radius 3 is 2.88 bits per heavy atom. The van der Waals surface area contributed by atoms with Crippen molar-refractivity contribution in [1.82, 2.24) is 4.57 Å². The largest absolute Gasteiger partial charge is 0.478 e. The van der Waals surface area contributed by atoms with Crippen molar-refractivity contribution in [3.63, 3.8) is 0 Å². The predicted molar refractivity (Wildman–Crippen MR) is 59.5 cm³/mol. The summed E-state index contributed by atoms with van der Waals surface area (Å²) in [6.45, 7) is 0. The average molecular weight is 219 g/mol. The van der Waals surface area contributed by atoms with Gasteiger partial charge in [-0.15, -0.1) is 0 Å². The molecule has 4 heteroatoms. The number of carbonyl (C=O) groups is 1. The zero-order valence-electron chi connectivity index (χ0n) is 8.64. The molecule has 1 aromatic heterocycles. The van der Waals surface area contributed by atoms with E-state index in [1.54, 1.807) is 29.8 Å². The minimum Gasteiger partial charge on any atom is -0.478 e. The number of benzene rings is 1. The molecule has 0 aliphatic rings. The van der Waals surface area contributed by atoms with E-state index in [4.69, 9.17) is 5.11 Å². The summed E-state index contributed by atoms with van der Waals surface area (Å²) in [4.78, 5) is 10.4. The number of hydrogen-bond donors (Lipinski definition) is 1. The Morgan fingerprint density at radius 1 is 1.50 bits per heavy atom. The van der Waals surface area contributed by atoms with Gasteiger partial charge in [-0.05, 0) is 18.2 Å². The van der Waals surface area contributed by atoms with Gasteiger partial charge in [-0.3, -0.25) is 0 Å². The third-order valence-electron chi connectivity index (χ3n) is 2.44. The topological polar surface area (TPSA) is 42.2 Å². The first-order valence-corrected chi connectivity index (χ1v) is 4.74. The lowest BCUT2D eigenvalue weighted by Gasteiger charge is -1.99. The molecule has 0 fully saturated rings. The number of nitrogens with zero attached hydrogens (tertiary/aromatic N) is 1. The first-order chi connectivity index (χ1) is 7.59. The number of rotatable bonds is 2. The van der Waals surface area contributed by atoms with Crippen LogP contribution in [0.1, 0.15) is 5.69 Å². The quantitative estimate of drug-likeness (QED) is 0.788. The number of hydrogen-bond acceptors (Lipinski definition) is 1. The van der Waals surface area contributed by atoms with Crippen molar-refractivity contribution in [3.05, 3.63) is 41.9 Å². The van der Waals surface area contributed by atoms with Crippen molar-refractivity contribution < 1.29 is 14.3 Å². The van der Waals surface area contributed by atoms with E-state index in [0.717, 1.165) is 11.5 Å². The molecule has 1 heterocycles. The van der Waals surface area contributed by atoms with Gasteiger partial charge in [0, 0.05) is 24.2 Å². The Hall–Kier alpha value is -2.10. The molecule has 2 aromatic rings. The molecule has 0 unspecified atom stereocenters. The van der Waals surface area contributed by atoms with E-state index in [-0.39, 0.29) is 5.82 Å². The van der Waals surface area contributed by atoms with Crippen LogP contribution in [0.25, 0.3) is 17.0 Å². The van der Waals surface area contributed by atoms with Crippen LogP contribution in [0, 0.1) is 5.82 Å². The van der Waals surface area contributed by atoms with Crippen molar-refractivity contribution in [3.8, 4) is 0 Å². The van der Waals surface area contributed by atoms with Crippen molar-refractivity contribution in [2.45, 2.75) is 0 Å². The summed E-state index contributed by atoms with van der Waals surface area (Å²) in [6, 6.07) is 6.55. The van der Waals surface area contributed by atoms with Crippen molar-refractivity contribution in [2.24, 2.45) is 7.05 Å². The van der Waals surface area contributed by atoms with Crippen LogP contribution in [0.2, 0.25) is 0 Å². The second-order valence-electron chi connectivity index (χ2n) is 3.48. The lowest BCUT2D eigenvalue weighted by molar-refractivity contribution is -0.131. The van der Waals surface area contributed by atoms with Crippen LogP contribution in [0.15, 0.2) is 30.3 Å². The predicted octanol–water partition coefficient (Wildman–Crippen LogP) is 2.42. The first-order valence-electron chi connectivity index (χ1n) is 4.74. The maximum Gasteiger partial charge on any atom is 0.328 e.